The Balaban J connectivity index is 3.05. The zero-order chi connectivity index (χ0) is 9.84. The third-order valence-electron chi connectivity index (χ3n) is 1.70. The summed E-state index contributed by atoms with van der Waals surface area (Å²) in [6.45, 7) is -0.0598. The molecule has 0 fully saturated rings. The molecule has 1 N–H and O–H groups in total. The van der Waals surface area contributed by atoms with Crippen molar-refractivity contribution in [2.24, 2.45) is 0 Å². The Hall–Kier alpha value is -0.610. The summed E-state index contributed by atoms with van der Waals surface area (Å²) in [5.41, 5.74) is 0.482. The van der Waals surface area contributed by atoms with Gasteiger partial charge < -0.3 is 9.84 Å². The molecule has 0 bridgehead atoms. The maximum atomic E-state index is 13.2. The van der Waals surface area contributed by atoms with Gasteiger partial charge in [-0.25, -0.2) is 4.39 Å². The number of aliphatic hydroxyl groups is 1. The molecule has 0 unspecified atom stereocenters. The van der Waals surface area contributed by atoms with Gasteiger partial charge in [-0.1, -0.05) is 0 Å². The molecule has 2 nitrogen and oxygen atoms in total. The van der Waals surface area contributed by atoms with E-state index in [0.29, 0.717) is 22.2 Å². The van der Waals surface area contributed by atoms with Gasteiger partial charge in [-0.05, 0) is 34.0 Å². The molecule has 13 heavy (non-hydrogen) atoms. The first-order valence-electron chi connectivity index (χ1n) is 3.81. The number of benzene rings is 1. The van der Waals surface area contributed by atoms with Crippen LogP contribution < -0.4 is 4.74 Å². The van der Waals surface area contributed by atoms with E-state index in [-0.39, 0.29) is 12.4 Å². The Bertz CT molecular complexity index is 302. The zero-order valence-corrected chi connectivity index (χ0v) is 8.77. The van der Waals surface area contributed by atoms with Crippen molar-refractivity contribution in [3.8, 4) is 5.75 Å². The first-order chi connectivity index (χ1) is 6.19. The predicted molar refractivity (Wildman–Crippen MR) is 51.4 cm³/mol. The SMILES string of the molecule is COc1cc(F)c(CCO)cc1Br. The Kier molecular flexibility index (Phi) is 3.69. The maximum absolute atomic E-state index is 13.2. The molecule has 72 valence electrons. The van der Waals surface area contributed by atoms with Crippen LogP contribution in [-0.2, 0) is 6.42 Å². The van der Waals surface area contributed by atoms with Crippen LogP contribution in [0.15, 0.2) is 16.6 Å². The third-order valence-corrected chi connectivity index (χ3v) is 2.32. The van der Waals surface area contributed by atoms with E-state index in [2.05, 4.69) is 15.9 Å². The highest BCUT2D eigenvalue weighted by Crippen LogP contribution is 2.27. The molecule has 0 spiro atoms. The topological polar surface area (TPSA) is 29.5 Å². The maximum Gasteiger partial charge on any atom is 0.135 e. The van der Waals surface area contributed by atoms with Gasteiger partial charge in [-0.15, -0.1) is 0 Å². The average Bonchev–Trinajstić information content (AvgIpc) is 2.11. The first-order valence-corrected chi connectivity index (χ1v) is 4.61. The number of halogens is 2. The van der Waals surface area contributed by atoms with Crippen LogP contribution >= 0.6 is 15.9 Å². The van der Waals surface area contributed by atoms with Crippen molar-refractivity contribution in [3.05, 3.63) is 28.0 Å². The highest BCUT2D eigenvalue weighted by Gasteiger charge is 2.07. The van der Waals surface area contributed by atoms with E-state index in [1.54, 1.807) is 6.07 Å². The summed E-state index contributed by atoms with van der Waals surface area (Å²) in [6, 6.07) is 2.92. The van der Waals surface area contributed by atoms with E-state index in [1.807, 2.05) is 0 Å². The van der Waals surface area contributed by atoms with Gasteiger partial charge in [0.25, 0.3) is 0 Å². The van der Waals surface area contributed by atoms with Gasteiger partial charge in [-0.2, -0.15) is 0 Å². The second-order valence-corrected chi connectivity index (χ2v) is 3.41. The van der Waals surface area contributed by atoms with Gasteiger partial charge in [0.1, 0.15) is 11.6 Å². The van der Waals surface area contributed by atoms with Crippen molar-refractivity contribution in [2.75, 3.05) is 13.7 Å². The molecular weight excluding hydrogens is 239 g/mol. The summed E-state index contributed by atoms with van der Waals surface area (Å²) >= 11 is 3.24. The van der Waals surface area contributed by atoms with Crippen molar-refractivity contribution in [1.82, 2.24) is 0 Å². The van der Waals surface area contributed by atoms with Crippen LogP contribution in [0.3, 0.4) is 0 Å². The van der Waals surface area contributed by atoms with Crippen molar-refractivity contribution >= 4 is 15.9 Å². The fraction of sp³-hybridized carbons (Fsp3) is 0.333. The molecule has 4 heteroatoms. The number of aliphatic hydroxyl groups excluding tert-OH is 1. The van der Waals surface area contributed by atoms with E-state index in [9.17, 15) is 4.39 Å². The van der Waals surface area contributed by atoms with E-state index in [1.165, 1.54) is 13.2 Å². The monoisotopic (exact) mass is 248 g/mol. The molecule has 0 aliphatic carbocycles. The second kappa shape index (κ2) is 4.58. The number of hydrogen-bond donors (Lipinski definition) is 1. The van der Waals surface area contributed by atoms with Crippen LogP contribution in [0.5, 0.6) is 5.75 Å². The van der Waals surface area contributed by atoms with Crippen molar-refractivity contribution < 1.29 is 14.2 Å². The second-order valence-electron chi connectivity index (χ2n) is 2.55. The zero-order valence-electron chi connectivity index (χ0n) is 7.18. The van der Waals surface area contributed by atoms with Gasteiger partial charge in [0.05, 0.1) is 11.6 Å². The normalized spacial score (nSPS) is 10.2. The van der Waals surface area contributed by atoms with E-state index < -0.39 is 0 Å². The number of ether oxygens (including phenoxy) is 1. The molecule has 0 saturated carbocycles. The molecule has 1 aromatic carbocycles. The molecule has 1 aromatic rings. The summed E-state index contributed by atoms with van der Waals surface area (Å²) < 4.78 is 18.8. The van der Waals surface area contributed by atoms with E-state index in [4.69, 9.17) is 9.84 Å². The van der Waals surface area contributed by atoms with Gasteiger partial charge >= 0.3 is 0 Å². The highest BCUT2D eigenvalue weighted by molar-refractivity contribution is 9.10. The van der Waals surface area contributed by atoms with Crippen LogP contribution in [0.1, 0.15) is 5.56 Å². The molecule has 0 atom stereocenters. The lowest BCUT2D eigenvalue weighted by Crippen LogP contribution is -1.96. The molecule has 0 radical (unpaired) electrons. The fourth-order valence-electron chi connectivity index (χ4n) is 1.04. The minimum atomic E-state index is -0.353. The van der Waals surface area contributed by atoms with Crippen LogP contribution in [0.25, 0.3) is 0 Å². The van der Waals surface area contributed by atoms with Crippen LogP contribution in [-0.4, -0.2) is 18.8 Å². The molecule has 0 aliphatic heterocycles. The summed E-state index contributed by atoms with van der Waals surface area (Å²) in [6.07, 6.45) is 0.314. The van der Waals surface area contributed by atoms with Gasteiger partial charge in [0, 0.05) is 12.7 Å². The van der Waals surface area contributed by atoms with Gasteiger partial charge in [0.15, 0.2) is 0 Å². The van der Waals surface area contributed by atoms with E-state index >= 15 is 0 Å². The smallest absolute Gasteiger partial charge is 0.135 e. The lowest BCUT2D eigenvalue weighted by atomic mass is 10.1. The fourth-order valence-corrected chi connectivity index (χ4v) is 1.59. The minimum absolute atomic E-state index is 0.0598. The number of hydrogen-bond acceptors (Lipinski definition) is 2. The largest absolute Gasteiger partial charge is 0.495 e. The Morgan fingerprint density at radius 1 is 1.54 bits per heavy atom. The Morgan fingerprint density at radius 3 is 2.77 bits per heavy atom. The molecule has 0 aliphatic rings. The summed E-state index contributed by atoms with van der Waals surface area (Å²) in [7, 11) is 1.48. The molecular formula is C9H10BrFO2. The lowest BCUT2D eigenvalue weighted by molar-refractivity contribution is 0.297. The van der Waals surface area contributed by atoms with Crippen molar-refractivity contribution in [2.45, 2.75) is 6.42 Å². The summed E-state index contributed by atoms with van der Waals surface area (Å²) in [5.74, 6) is 0.105. The summed E-state index contributed by atoms with van der Waals surface area (Å²) in [4.78, 5) is 0. The van der Waals surface area contributed by atoms with Gasteiger partial charge in [0.2, 0.25) is 0 Å². The molecule has 0 amide bonds. The molecule has 0 saturated heterocycles. The van der Waals surface area contributed by atoms with Crippen molar-refractivity contribution in [3.63, 3.8) is 0 Å². The van der Waals surface area contributed by atoms with E-state index in [0.717, 1.165) is 0 Å². The number of methoxy groups -OCH3 is 1. The average molecular weight is 249 g/mol. The first kappa shape index (κ1) is 10.5. The quantitative estimate of drug-likeness (QED) is 0.889. The van der Waals surface area contributed by atoms with Crippen LogP contribution in [0.2, 0.25) is 0 Å². The lowest BCUT2D eigenvalue weighted by Gasteiger charge is -2.06. The minimum Gasteiger partial charge on any atom is -0.495 e. The number of rotatable bonds is 3. The Labute approximate surface area is 84.5 Å². The van der Waals surface area contributed by atoms with Gasteiger partial charge in [-0.3, -0.25) is 0 Å². The van der Waals surface area contributed by atoms with Crippen LogP contribution in [0, 0.1) is 5.82 Å². The standard InChI is InChI=1S/C9H10BrFO2/c1-13-9-5-8(11)6(2-3-12)4-7(9)10/h4-5,12H,2-3H2,1H3. The third kappa shape index (κ3) is 2.42. The summed E-state index contributed by atoms with van der Waals surface area (Å²) in [5, 5.41) is 8.65. The highest BCUT2D eigenvalue weighted by atomic mass is 79.9. The molecule has 0 aromatic heterocycles. The van der Waals surface area contributed by atoms with Crippen LogP contribution in [0.4, 0.5) is 4.39 Å². The van der Waals surface area contributed by atoms with Crippen molar-refractivity contribution in [1.29, 1.82) is 0 Å². The molecule has 0 heterocycles. The molecule has 1 rings (SSSR count). The Morgan fingerprint density at radius 2 is 2.23 bits per heavy atom. The predicted octanol–water partition coefficient (Wildman–Crippen LogP) is 2.13.